The Morgan fingerprint density at radius 3 is 2.74 bits per heavy atom. The van der Waals surface area contributed by atoms with Gasteiger partial charge in [0.2, 0.25) is 5.91 Å². The molecule has 1 aromatic carbocycles. The molecule has 2 aliphatic rings. The van der Waals surface area contributed by atoms with Gasteiger partial charge in [-0.1, -0.05) is 18.2 Å². The van der Waals surface area contributed by atoms with Gasteiger partial charge in [0.15, 0.2) is 5.96 Å². The highest BCUT2D eigenvalue weighted by atomic mass is 127. The predicted molar refractivity (Wildman–Crippen MR) is 120 cm³/mol. The third kappa shape index (κ3) is 6.07. The fourth-order valence-corrected chi connectivity index (χ4v) is 3.76. The van der Waals surface area contributed by atoms with E-state index in [-0.39, 0.29) is 42.5 Å². The average Bonchev–Trinajstić information content (AvgIpc) is 2.67. The van der Waals surface area contributed by atoms with Crippen LogP contribution in [-0.4, -0.2) is 48.8 Å². The molecule has 1 aromatic rings. The molecule has 0 bridgehead atoms. The number of aliphatic hydroxyl groups is 1. The number of amides is 1. The molecule has 1 aliphatic carbocycles. The summed E-state index contributed by atoms with van der Waals surface area (Å²) < 4.78 is 0. The summed E-state index contributed by atoms with van der Waals surface area (Å²) in [4.78, 5) is 19.1. The van der Waals surface area contributed by atoms with Crippen LogP contribution >= 0.6 is 24.0 Å². The van der Waals surface area contributed by atoms with Gasteiger partial charge < -0.3 is 20.6 Å². The molecule has 6 nitrogen and oxygen atoms in total. The van der Waals surface area contributed by atoms with E-state index < -0.39 is 0 Å². The van der Waals surface area contributed by atoms with E-state index in [4.69, 9.17) is 0 Å². The van der Waals surface area contributed by atoms with Crippen LogP contribution in [0.5, 0.6) is 0 Å². The Kier molecular flexibility index (Phi) is 8.82. The Hall–Kier alpha value is -1.35. The first-order chi connectivity index (χ1) is 12.7. The number of nitrogens with one attached hydrogen (secondary N) is 2. The minimum Gasteiger partial charge on any atom is -0.393 e. The first-order valence-corrected chi connectivity index (χ1v) is 9.78. The largest absolute Gasteiger partial charge is 0.393 e. The molecule has 0 saturated heterocycles. The molecule has 7 heteroatoms. The predicted octanol–water partition coefficient (Wildman–Crippen LogP) is 2.44. The van der Waals surface area contributed by atoms with Crippen molar-refractivity contribution in [2.75, 3.05) is 24.5 Å². The fraction of sp³-hybridized carbons (Fsp3) is 0.600. The summed E-state index contributed by atoms with van der Waals surface area (Å²) in [5.41, 5.74) is 2.26. The van der Waals surface area contributed by atoms with Crippen LogP contribution in [0.15, 0.2) is 29.3 Å². The lowest BCUT2D eigenvalue weighted by molar-refractivity contribution is -0.117. The molecule has 1 saturated carbocycles. The number of halogens is 1. The normalized spacial score (nSPS) is 22.4. The lowest BCUT2D eigenvalue weighted by Gasteiger charge is -2.29. The van der Waals surface area contributed by atoms with Crippen molar-refractivity contribution in [2.45, 2.75) is 57.6 Å². The molecule has 1 fully saturated rings. The van der Waals surface area contributed by atoms with Crippen LogP contribution < -0.4 is 15.5 Å². The zero-order valence-corrected chi connectivity index (χ0v) is 18.3. The fourth-order valence-electron chi connectivity index (χ4n) is 3.76. The van der Waals surface area contributed by atoms with Gasteiger partial charge >= 0.3 is 0 Å². The number of aliphatic hydroxyl groups excluding tert-OH is 1. The number of nitrogens with zero attached hydrogens (tertiary/aromatic N) is 2. The zero-order chi connectivity index (χ0) is 18.4. The van der Waals surface area contributed by atoms with E-state index in [0.29, 0.717) is 12.0 Å². The molecule has 0 spiro atoms. The van der Waals surface area contributed by atoms with Crippen molar-refractivity contribution in [3.05, 3.63) is 29.8 Å². The lowest BCUT2D eigenvalue weighted by Crippen LogP contribution is -2.46. The number of fused-ring (bicyclic) bond motifs is 1. The first-order valence-electron chi connectivity index (χ1n) is 9.78. The van der Waals surface area contributed by atoms with Gasteiger partial charge in [0.1, 0.15) is 6.54 Å². The Bertz CT molecular complexity index is 645. The number of para-hydroxylation sites is 1. The van der Waals surface area contributed by atoms with Crippen molar-refractivity contribution in [1.29, 1.82) is 0 Å². The molecule has 27 heavy (non-hydrogen) atoms. The van der Waals surface area contributed by atoms with Crippen molar-refractivity contribution in [1.82, 2.24) is 10.6 Å². The SMILES string of the molecule is CCNC(=NCC(=O)N1CCCc2ccccc21)NC1CCC(O)CC1.I. The summed E-state index contributed by atoms with van der Waals surface area (Å²) in [7, 11) is 0. The number of carbonyl (C=O) groups is 1. The first kappa shape index (κ1) is 21.9. The molecule has 150 valence electrons. The second-order valence-corrected chi connectivity index (χ2v) is 7.12. The highest BCUT2D eigenvalue weighted by molar-refractivity contribution is 14.0. The van der Waals surface area contributed by atoms with E-state index in [1.54, 1.807) is 0 Å². The summed E-state index contributed by atoms with van der Waals surface area (Å²) >= 11 is 0. The van der Waals surface area contributed by atoms with Crippen LogP contribution in [0.1, 0.15) is 44.6 Å². The van der Waals surface area contributed by atoms with Gasteiger partial charge in [0.05, 0.1) is 6.10 Å². The van der Waals surface area contributed by atoms with E-state index in [1.165, 1.54) is 5.56 Å². The van der Waals surface area contributed by atoms with Gasteiger partial charge in [-0.3, -0.25) is 4.79 Å². The van der Waals surface area contributed by atoms with E-state index in [9.17, 15) is 9.90 Å². The number of aryl methyl sites for hydroxylation is 1. The topological polar surface area (TPSA) is 77.0 Å². The Balaban J connectivity index is 0.00000261. The Morgan fingerprint density at radius 1 is 1.26 bits per heavy atom. The number of carbonyl (C=O) groups excluding carboxylic acids is 1. The highest BCUT2D eigenvalue weighted by Crippen LogP contribution is 2.26. The molecule has 3 N–H and O–H groups in total. The maximum absolute atomic E-state index is 12.7. The van der Waals surface area contributed by atoms with E-state index in [2.05, 4.69) is 21.7 Å². The Labute approximate surface area is 178 Å². The molecule has 0 unspecified atom stereocenters. The number of aliphatic imine (C=N–C) groups is 1. The lowest BCUT2D eigenvalue weighted by atomic mass is 9.93. The summed E-state index contributed by atoms with van der Waals surface area (Å²) in [5, 5.41) is 16.3. The summed E-state index contributed by atoms with van der Waals surface area (Å²) in [6.07, 6.45) is 5.35. The van der Waals surface area contributed by atoms with Crippen LogP contribution in [0.4, 0.5) is 5.69 Å². The quantitative estimate of drug-likeness (QED) is 0.347. The van der Waals surface area contributed by atoms with Crippen LogP contribution in [0.2, 0.25) is 0 Å². The number of anilines is 1. The van der Waals surface area contributed by atoms with Gasteiger partial charge in [-0.25, -0.2) is 4.99 Å². The minimum atomic E-state index is -0.173. The second-order valence-electron chi connectivity index (χ2n) is 7.12. The van der Waals surface area contributed by atoms with Crippen molar-refractivity contribution in [3.8, 4) is 0 Å². The average molecular weight is 486 g/mol. The van der Waals surface area contributed by atoms with Gasteiger partial charge in [0.25, 0.3) is 0 Å². The molecule has 0 atom stereocenters. The molecule has 3 rings (SSSR count). The van der Waals surface area contributed by atoms with Crippen LogP contribution in [0, 0.1) is 0 Å². The monoisotopic (exact) mass is 486 g/mol. The number of hydrogen-bond donors (Lipinski definition) is 3. The van der Waals surface area contributed by atoms with Crippen molar-refractivity contribution < 1.29 is 9.90 Å². The molecule has 0 radical (unpaired) electrons. The number of benzene rings is 1. The molecule has 1 amide bonds. The van der Waals surface area contributed by atoms with Crippen LogP contribution in [0.3, 0.4) is 0 Å². The van der Waals surface area contributed by atoms with Gasteiger partial charge in [0, 0.05) is 24.8 Å². The van der Waals surface area contributed by atoms with Crippen LogP contribution in [0.25, 0.3) is 0 Å². The van der Waals surface area contributed by atoms with Crippen molar-refractivity contribution >= 4 is 41.5 Å². The van der Waals surface area contributed by atoms with E-state index in [1.807, 2.05) is 30.0 Å². The summed E-state index contributed by atoms with van der Waals surface area (Å²) in [6.45, 7) is 3.67. The zero-order valence-electron chi connectivity index (χ0n) is 16.0. The molecular weight excluding hydrogens is 455 g/mol. The third-order valence-corrected chi connectivity index (χ3v) is 5.17. The van der Waals surface area contributed by atoms with Crippen molar-refractivity contribution in [3.63, 3.8) is 0 Å². The molecular formula is C20H31IN4O2. The summed E-state index contributed by atoms with van der Waals surface area (Å²) in [5.74, 6) is 0.723. The maximum Gasteiger partial charge on any atom is 0.248 e. The number of guanidine groups is 1. The molecule has 1 heterocycles. The minimum absolute atomic E-state index is 0. The summed E-state index contributed by atoms with van der Waals surface area (Å²) in [6, 6.07) is 8.44. The standard InChI is InChI=1S/C20H30N4O2.HI/c1-2-21-20(23-16-9-11-17(25)12-10-16)22-14-19(26)24-13-5-7-15-6-3-4-8-18(15)24;/h3-4,6,8,16-17,25H,2,5,7,9-14H2,1H3,(H2,21,22,23);1H. The van der Waals surface area contributed by atoms with Gasteiger partial charge in [-0.15, -0.1) is 24.0 Å². The third-order valence-electron chi connectivity index (χ3n) is 5.17. The maximum atomic E-state index is 12.7. The molecule has 0 aromatic heterocycles. The van der Waals surface area contributed by atoms with Gasteiger partial charge in [-0.2, -0.15) is 0 Å². The highest BCUT2D eigenvalue weighted by Gasteiger charge is 2.23. The molecule has 1 aliphatic heterocycles. The van der Waals surface area contributed by atoms with Crippen LogP contribution in [-0.2, 0) is 11.2 Å². The van der Waals surface area contributed by atoms with Gasteiger partial charge in [-0.05, 0) is 57.1 Å². The van der Waals surface area contributed by atoms with Crippen molar-refractivity contribution in [2.24, 2.45) is 4.99 Å². The second kappa shape index (κ2) is 10.8. The number of hydrogen-bond acceptors (Lipinski definition) is 3. The Morgan fingerprint density at radius 2 is 2.00 bits per heavy atom. The van der Waals surface area contributed by atoms with E-state index >= 15 is 0 Å². The smallest absolute Gasteiger partial charge is 0.248 e. The van der Waals surface area contributed by atoms with E-state index in [0.717, 1.165) is 57.3 Å². The number of rotatable bonds is 4.